The number of carbonyl (C=O) groups is 2. The standard InChI is InChI=1S/C13H12BrN3O5S2/c1-7(18)22-11-8(4-3-5-9(11)14)12(19)16-13-15-10(6-23-13)17-24(2,20)21/h3-6,17H,1-2H3,(H,15,16,19). The quantitative estimate of drug-likeness (QED) is 0.552. The van der Waals surface area contributed by atoms with Gasteiger partial charge in [-0.3, -0.25) is 19.6 Å². The van der Waals surface area contributed by atoms with Crippen LogP contribution < -0.4 is 14.8 Å². The maximum absolute atomic E-state index is 12.4. The van der Waals surface area contributed by atoms with Gasteiger partial charge in [0.15, 0.2) is 16.7 Å². The molecule has 1 aromatic carbocycles. The Bertz CT molecular complexity index is 895. The zero-order chi connectivity index (χ0) is 17.9. The fourth-order valence-electron chi connectivity index (χ4n) is 1.67. The minimum atomic E-state index is -3.45. The smallest absolute Gasteiger partial charge is 0.308 e. The number of nitrogens with one attached hydrogen (secondary N) is 2. The molecule has 0 unspecified atom stereocenters. The van der Waals surface area contributed by atoms with Crippen molar-refractivity contribution in [3.8, 4) is 5.75 Å². The molecule has 0 aliphatic rings. The molecule has 0 bridgehead atoms. The highest BCUT2D eigenvalue weighted by Crippen LogP contribution is 2.30. The lowest BCUT2D eigenvalue weighted by Gasteiger charge is -2.10. The van der Waals surface area contributed by atoms with E-state index < -0.39 is 21.9 Å². The Morgan fingerprint density at radius 1 is 1.33 bits per heavy atom. The van der Waals surface area contributed by atoms with Crippen molar-refractivity contribution in [1.29, 1.82) is 0 Å². The van der Waals surface area contributed by atoms with Crippen LogP contribution in [0.2, 0.25) is 0 Å². The molecule has 0 aliphatic carbocycles. The number of amides is 1. The number of esters is 1. The van der Waals surface area contributed by atoms with Crippen molar-refractivity contribution in [3.05, 3.63) is 33.6 Å². The van der Waals surface area contributed by atoms with Gasteiger partial charge in [-0.1, -0.05) is 6.07 Å². The van der Waals surface area contributed by atoms with E-state index in [2.05, 4.69) is 31.0 Å². The van der Waals surface area contributed by atoms with Gasteiger partial charge in [-0.25, -0.2) is 13.4 Å². The van der Waals surface area contributed by atoms with E-state index in [1.54, 1.807) is 12.1 Å². The molecule has 1 aromatic heterocycles. The molecule has 0 aliphatic heterocycles. The predicted molar refractivity (Wildman–Crippen MR) is 94.0 cm³/mol. The SMILES string of the molecule is CC(=O)Oc1c(Br)cccc1C(=O)Nc1nc(NS(C)(=O)=O)cs1. The summed E-state index contributed by atoms with van der Waals surface area (Å²) in [5.74, 6) is -0.918. The third kappa shape index (κ3) is 5.01. The number of para-hydroxylation sites is 1. The van der Waals surface area contributed by atoms with Crippen LogP contribution in [-0.2, 0) is 14.8 Å². The molecule has 11 heteroatoms. The highest BCUT2D eigenvalue weighted by Gasteiger charge is 2.18. The Hall–Kier alpha value is -1.98. The zero-order valence-corrected chi connectivity index (χ0v) is 15.7. The van der Waals surface area contributed by atoms with E-state index in [4.69, 9.17) is 4.74 Å². The second-order valence-electron chi connectivity index (χ2n) is 4.58. The Kier molecular flexibility index (Phi) is 5.57. The first kappa shape index (κ1) is 18.4. The number of rotatable bonds is 5. The van der Waals surface area contributed by atoms with E-state index in [0.29, 0.717) is 4.47 Å². The van der Waals surface area contributed by atoms with Crippen molar-refractivity contribution in [2.75, 3.05) is 16.3 Å². The lowest BCUT2D eigenvalue weighted by atomic mass is 10.2. The van der Waals surface area contributed by atoms with Crippen molar-refractivity contribution in [2.24, 2.45) is 0 Å². The molecule has 0 atom stereocenters. The number of anilines is 2. The first-order valence-corrected chi connectivity index (χ1v) is 9.93. The fraction of sp³-hybridized carbons (Fsp3) is 0.154. The van der Waals surface area contributed by atoms with Gasteiger partial charge in [-0.15, -0.1) is 11.3 Å². The van der Waals surface area contributed by atoms with Gasteiger partial charge in [0.05, 0.1) is 16.3 Å². The first-order chi connectivity index (χ1) is 11.2. The van der Waals surface area contributed by atoms with Crippen LogP contribution >= 0.6 is 27.3 Å². The molecule has 24 heavy (non-hydrogen) atoms. The van der Waals surface area contributed by atoms with Crippen LogP contribution in [0.1, 0.15) is 17.3 Å². The number of thiazole rings is 1. The summed E-state index contributed by atoms with van der Waals surface area (Å²) in [6.07, 6.45) is 0.997. The third-order valence-electron chi connectivity index (χ3n) is 2.47. The summed E-state index contributed by atoms with van der Waals surface area (Å²) in [6, 6.07) is 4.73. The van der Waals surface area contributed by atoms with Gasteiger partial charge in [0.1, 0.15) is 0 Å². The van der Waals surface area contributed by atoms with Crippen LogP contribution in [0, 0.1) is 0 Å². The normalized spacial score (nSPS) is 11.0. The molecule has 2 aromatic rings. The van der Waals surface area contributed by atoms with E-state index in [1.165, 1.54) is 18.4 Å². The van der Waals surface area contributed by atoms with E-state index in [1.807, 2.05) is 0 Å². The summed E-state index contributed by atoms with van der Waals surface area (Å²) in [5.41, 5.74) is 0.132. The maximum atomic E-state index is 12.4. The number of aromatic nitrogens is 1. The lowest BCUT2D eigenvalue weighted by molar-refractivity contribution is -0.131. The number of nitrogens with zero attached hydrogens (tertiary/aromatic N) is 1. The molecule has 0 saturated carbocycles. The summed E-state index contributed by atoms with van der Waals surface area (Å²) in [7, 11) is -3.45. The average molecular weight is 434 g/mol. The molecule has 1 heterocycles. The molecule has 1 amide bonds. The second-order valence-corrected chi connectivity index (χ2v) is 8.04. The number of sulfonamides is 1. The van der Waals surface area contributed by atoms with E-state index in [0.717, 1.165) is 17.6 Å². The summed E-state index contributed by atoms with van der Waals surface area (Å²) >= 11 is 4.27. The van der Waals surface area contributed by atoms with Gasteiger partial charge in [0.2, 0.25) is 10.0 Å². The minimum Gasteiger partial charge on any atom is -0.425 e. The summed E-state index contributed by atoms with van der Waals surface area (Å²) in [4.78, 5) is 27.5. The number of carbonyl (C=O) groups excluding carboxylic acids is 2. The van der Waals surface area contributed by atoms with Crippen molar-refractivity contribution in [1.82, 2.24) is 4.98 Å². The van der Waals surface area contributed by atoms with Crippen LogP contribution in [0.3, 0.4) is 0 Å². The van der Waals surface area contributed by atoms with Crippen LogP contribution in [0.25, 0.3) is 0 Å². The minimum absolute atomic E-state index is 0.0912. The summed E-state index contributed by atoms with van der Waals surface area (Å²) < 4.78 is 30.0. The van der Waals surface area contributed by atoms with Gasteiger partial charge >= 0.3 is 5.97 Å². The van der Waals surface area contributed by atoms with E-state index in [-0.39, 0.29) is 22.3 Å². The monoisotopic (exact) mass is 433 g/mol. The zero-order valence-electron chi connectivity index (χ0n) is 12.5. The molecular formula is C13H12BrN3O5S2. The lowest BCUT2D eigenvalue weighted by Crippen LogP contribution is -2.15. The molecule has 128 valence electrons. The maximum Gasteiger partial charge on any atom is 0.308 e. The first-order valence-electron chi connectivity index (χ1n) is 6.37. The van der Waals surface area contributed by atoms with Crippen molar-refractivity contribution in [3.63, 3.8) is 0 Å². The number of hydrogen-bond acceptors (Lipinski definition) is 7. The molecule has 2 rings (SSSR count). The van der Waals surface area contributed by atoms with Crippen LogP contribution in [0.15, 0.2) is 28.1 Å². The second kappa shape index (κ2) is 7.28. The Morgan fingerprint density at radius 2 is 2.04 bits per heavy atom. The molecule has 8 nitrogen and oxygen atoms in total. The molecule has 0 radical (unpaired) electrons. The van der Waals surface area contributed by atoms with Crippen molar-refractivity contribution in [2.45, 2.75) is 6.92 Å². The van der Waals surface area contributed by atoms with Crippen LogP contribution in [-0.4, -0.2) is 31.5 Å². The number of ether oxygens (including phenoxy) is 1. The van der Waals surface area contributed by atoms with Crippen molar-refractivity contribution < 1.29 is 22.7 Å². The van der Waals surface area contributed by atoms with Gasteiger partial charge in [-0.2, -0.15) is 0 Å². The molecule has 0 fully saturated rings. The van der Waals surface area contributed by atoms with E-state index in [9.17, 15) is 18.0 Å². The van der Waals surface area contributed by atoms with Crippen molar-refractivity contribution >= 4 is 60.1 Å². The summed E-state index contributed by atoms with van der Waals surface area (Å²) in [6.45, 7) is 1.23. The van der Waals surface area contributed by atoms with Gasteiger partial charge in [0, 0.05) is 12.3 Å². The predicted octanol–water partition coefficient (Wildman–Crippen LogP) is 2.45. The van der Waals surface area contributed by atoms with Gasteiger partial charge in [0.25, 0.3) is 5.91 Å². The van der Waals surface area contributed by atoms with E-state index >= 15 is 0 Å². The third-order valence-corrected chi connectivity index (χ3v) is 4.43. The summed E-state index contributed by atoms with van der Waals surface area (Å²) in [5, 5.41) is 4.17. The number of hydrogen-bond donors (Lipinski definition) is 2. The average Bonchev–Trinajstić information content (AvgIpc) is 2.85. The van der Waals surface area contributed by atoms with Crippen LogP contribution in [0.5, 0.6) is 5.75 Å². The fourth-order valence-corrected chi connectivity index (χ4v) is 3.31. The van der Waals surface area contributed by atoms with Gasteiger partial charge in [-0.05, 0) is 28.1 Å². The van der Waals surface area contributed by atoms with Crippen LogP contribution in [0.4, 0.5) is 10.9 Å². The molecule has 2 N–H and O–H groups in total. The Morgan fingerprint density at radius 3 is 2.67 bits per heavy atom. The molecular weight excluding hydrogens is 422 g/mol. The highest BCUT2D eigenvalue weighted by atomic mass is 79.9. The molecule has 0 spiro atoms. The largest absolute Gasteiger partial charge is 0.425 e. The Balaban J connectivity index is 2.22. The number of halogens is 1. The van der Waals surface area contributed by atoms with Gasteiger partial charge < -0.3 is 4.74 Å². The Labute approximate surface area is 150 Å². The molecule has 0 saturated heterocycles. The number of benzene rings is 1. The topological polar surface area (TPSA) is 114 Å². The highest BCUT2D eigenvalue weighted by molar-refractivity contribution is 9.10.